The van der Waals surface area contributed by atoms with E-state index in [-0.39, 0.29) is 0 Å². The largest absolute Gasteiger partial charge is 0.326 e. The first-order chi connectivity index (χ1) is 6.38. The molecule has 13 heavy (non-hydrogen) atoms. The molecule has 1 aromatic rings. The zero-order valence-electron chi connectivity index (χ0n) is 7.73. The van der Waals surface area contributed by atoms with Crippen molar-refractivity contribution in [2.75, 3.05) is 5.75 Å². The molecule has 1 rings (SSSR count). The lowest BCUT2D eigenvalue weighted by Crippen LogP contribution is -1.98. The van der Waals surface area contributed by atoms with Crippen LogP contribution in [0.5, 0.6) is 0 Å². The Labute approximate surface area is 82.8 Å². The van der Waals surface area contributed by atoms with E-state index >= 15 is 0 Å². The van der Waals surface area contributed by atoms with Crippen LogP contribution in [0, 0.1) is 11.3 Å². The minimum atomic E-state index is 0.475. The van der Waals surface area contributed by atoms with Gasteiger partial charge in [-0.3, -0.25) is 0 Å². The van der Waals surface area contributed by atoms with Crippen LogP contribution in [0.4, 0.5) is 0 Å². The van der Waals surface area contributed by atoms with Gasteiger partial charge in [0.1, 0.15) is 0 Å². The number of imidazole rings is 1. The van der Waals surface area contributed by atoms with Crippen LogP contribution in [-0.2, 0) is 6.54 Å². The number of aromatic nitrogens is 2. The van der Waals surface area contributed by atoms with Crippen LogP contribution in [0.2, 0.25) is 0 Å². The van der Waals surface area contributed by atoms with Crippen molar-refractivity contribution in [2.45, 2.75) is 31.5 Å². The highest BCUT2D eigenvalue weighted by Crippen LogP contribution is 2.15. The zero-order chi connectivity index (χ0) is 9.52. The first-order valence-corrected chi connectivity index (χ1v) is 5.38. The van der Waals surface area contributed by atoms with Gasteiger partial charge < -0.3 is 4.57 Å². The molecule has 70 valence electrons. The second-order valence-electron chi connectivity index (χ2n) is 2.70. The highest BCUT2D eigenvalue weighted by molar-refractivity contribution is 7.99. The third-order valence-corrected chi connectivity index (χ3v) is 2.57. The number of hydrogen-bond acceptors (Lipinski definition) is 3. The van der Waals surface area contributed by atoms with E-state index in [1.165, 1.54) is 18.2 Å². The molecule has 0 radical (unpaired) electrons. The van der Waals surface area contributed by atoms with Crippen molar-refractivity contribution < 1.29 is 0 Å². The lowest BCUT2D eigenvalue weighted by Gasteiger charge is -2.03. The molecule has 0 aromatic carbocycles. The summed E-state index contributed by atoms with van der Waals surface area (Å²) in [5, 5.41) is 9.38. The van der Waals surface area contributed by atoms with Crippen molar-refractivity contribution in [2.24, 2.45) is 0 Å². The molecular weight excluding hydrogens is 182 g/mol. The molecule has 0 unspecified atom stereocenters. The summed E-state index contributed by atoms with van der Waals surface area (Å²) in [5.74, 6) is 0.475. The summed E-state index contributed by atoms with van der Waals surface area (Å²) in [5.41, 5.74) is 0. The van der Waals surface area contributed by atoms with Gasteiger partial charge in [-0.15, -0.1) is 0 Å². The molecule has 0 aliphatic heterocycles. The summed E-state index contributed by atoms with van der Waals surface area (Å²) in [6, 6.07) is 2.10. The predicted octanol–water partition coefficient (Wildman–Crippen LogP) is 2.30. The van der Waals surface area contributed by atoms with Crippen molar-refractivity contribution in [3.05, 3.63) is 12.4 Å². The van der Waals surface area contributed by atoms with Gasteiger partial charge in [0.25, 0.3) is 0 Å². The summed E-state index contributed by atoms with van der Waals surface area (Å²) in [7, 11) is 0. The first kappa shape index (κ1) is 10.1. The molecule has 3 nitrogen and oxygen atoms in total. The fourth-order valence-electron chi connectivity index (χ4n) is 1.03. The van der Waals surface area contributed by atoms with E-state index in [1.807, 2.05) is 6.20 Å². The molecule has 0 aliphatic carbocycles. The monoisotopic (exact) mass is 195 g/mol. The van der Waals surface area contributed by atoms with Crippen molar-refractivity contribution in [3.8, 4) is 6.07 Å². The van der Waals surface area contributed by atoms with Crippen molar-refractivity contribution in [3.63, 3.8) is 0 Å². The third kappa shape index (κ3) is 3.11. The molecule has 0 N–H and O–H groups in total. The Balaban J connectivity index is 2.51. The van der Waals surface area contributed by atoms with Crippen LogP contribution < -0.4 is 0 Å². The Morgan fingerprint density at radius 2 is 2.54 bits per heavy atom. The fourth-order valence-corrected chi connectivity index (χ4v) is 1.68. The summed E-state index contributed by atoms with van der Waals surface area (Å²) < 4.78 is 2.10. The van der Waals surface area contributed by atoms with Gasteiger partial charge in [-0.25, -0.2) is 4.98 Å². The van der Waals surface area contributed by atoms with Gasteiger partial charge in [0.05, 0.1) is 11.8 Å². The molecule has 4 heteroatoms. The van der Waals surface area contributed by atoms with Gasteiger partial charge in [-0.2, -0.15) is 5.26 Å². The van der Waals surface area contributed by atoms with Crippen LogP contribution in [0.25, 0.3) is 0 Å². The highest BCUT2D eigenvalue weighted by Gasteiger charge is 2.01. The standard InChI is InChI=1S/C9H13N3S/c1-2-3-6-12-7-5-11-9(12)13-8-4-10/h5,7H,2-3,6,8H2,1H3. The smallest absolute Gasteiger partial charge is 0.168 e. The first-order valence-electron chi connectivity index (χ1n) is 4.39. The Morgan fingerprint density at radius 3 is 3.23 bits per heavy atom. The third-order valence-electron chi connectivity index (χ3n) is 1.70. The number of nitrogens with zero attached hydrogens (tertiary/aromatic N) is 3. The number of rotatable bonds is 5. The van der Waals surface area contributed by atoms with Crippen LogP contribution in [0.15, 0.2) is 17.6 Å². The SMILES string of the molecule is CCCCn1ccnc1SCC#N. The molecule has 1 heterocycles. The number of aryl methyl sites for hydroxylation is 1. The Kier molecular flexibility index (Phi) is 4.41. The maximum absolute atomic E-state index is 8.42. The minimum absolute atomic E-state index is 0.475. The highest BCUT2D eigenvalue weighted by atomic mass is 32.2. The number of unbranched alkanes of at least 4 members (excludes halogenated alkanes) is 1. The van der Waals surface area contributed by atoms with E-state index in [0.29, 0.717) is 5.75 Å². The molecule has 0 atom stereocenters. The zero-order valence-corrected chi connectivity index (χ0v) is 8.55. The number of hydrogen-bond donors (Lipinski definition) is 0. The van der Waals surface area contributed by atoms with Crippen molar-refractivity contribution in [1.82, 2.24) is 9.55 Å². The number of thioether (sulfide) groups is 1. The quantitative estimate of drug-likeness (QED) is 0.677. The van der Waals surface area contributed by atoms with Gasteiger partial charge in [0.2, 0.25) is 0 Å². The average molecular weight is 195 g/mol. The molecule has 0 spiro atoms. The Hall–Kier alpha value is -0.950. The Bertz CT molecular complexity index is 287. The predicted molar refractivity (Wildman–Crippen MR) is 53.5 cm³/mol. The second kappa shape index (κ2) is 5.65. The fraction of sp³-hybridized carbons (Fsp3) is 0.556. The normalized spacial score (nSPS) is 9.85. The van der Waals surface area contributed by atoms with E-state index < -0.39 is 0 Å². The lowest BCUT2D eigenvalue weighted by atomic mass is 10.3. The molecule has 0 saturated carbocycles. The molecule has 1 aromatic heterocycles. The van der Waals surface area contributed by atoms with E-state index in [9.17, 15) is 0 Å². The van der Waals surface area contributed by atoms with E-state index in [0.717, 1.165) is 18.1 Å². The Morgan fingerprint density at radius 1 is 1.69 bits per heavy atom. The van der Waals surface area contributed by atoms with Gasteiger partial charge in [-0.05, 0) is 6.42 Å². The minimum Gasteiger partial charge on any atom is -0.326 e. The molecule has 0 bridgehead atoms. The maximum atomic E-state index is 8.42. The van der Waals surface area contributed by atoms with Crippen LogP contribution >= 0.6 is 11.8 Å². The number of nitriles is 1. The van der Waals surface area contributed by atoms with Crippen molar-refractivity contribution >= 4 is 11.8 Å². The van der Waals surface area contributed by atoms with Gasteiger partial charge in [0.15, 0.2) is 5.16 Å². The van der Waals surface area contributed by atoms with Gasteiger partial charge in [0, 0.05) is 18.9 Å². The second-order valence-corrected chi connectivity index (χ2v) is 3.65. The average Bonchev–Trinajstić information content (AvgIpc) is 2.59. The summed E-state index contributed by atoms with van der Waals surface area (Å²) in [6.45, 7) is 3.17. The van der Waals surface area contributed by atoms with Crippen LogP contribution in [0.1, 0.15) is 19.8 Å². The summed E-state index contributed by atoms with van der Waals surface area (Å²) >= 11 is 1.49. The van der Waals surface area contributed by atoms with E-state index in [4.69, 9.17) is 5.26 Å². The molecule has 0 amide bonds. The lowest BCUT2D eigenvalue weighted by molar-refractivity contribution is 0.587. The molecular formula is C9H13N3S. The topological polar surface area (TPSA) is 41.6 Å². The molecule has 0 saturated heterocycles. The van der Waals surface area contributed by atoms with E-state index in [2.05, 4.69) is 22.5 Å². The maximum Gasteiger partial charge on any atom is 0.168 e. The van der Waals surface area contributed by atoms with Crippen molar-refractivity contribution in [1.29, 1.82) is 5.26 Å². The summed E-state index contributed by atoms with van der Waals surface area (Å²) in [4.78, 5) is 4.18. The van der Waals surface area contributed by atoms with Gasteiger partial charge >= 0.3 is 0 Å². The summed E-state index contributed by atoms with van der Waals surface area (Å²) in [6.07, 6.45) is 6.10. The molecule has 0 fully saturated rings. The van der Waals surface area contributed by atoms with Gasteiger partial charge in [-0.1, -0.05) is 25.1 Å². The van der Waals surface area contributed by atoms with Crippen LogP contribution in [-0.4, -0.2) is 15.3 Å². The van der Waals surface area contributed by atoms with E-state index in [1.54, 1.807) is 6.20 Å². The van der Waals surface area contributed by atoms with Crippen LogP contribution in [0.3, 0.4) is 0 Å². The molecule has 0 aliphatic rings.